The highest BCUT2D eigenvalue weighted by atomic mass is 16.4. The summed E-state index contributed by atoms with van der Waals surface area (Å²) >= 11 is 0. The number of carboxylic acid groups (broad SMARTS) is 1. The molecule has 0 heterocycles. The van der Waals surface area contributed by atoms with Crippen molar-refractivity contribution in [1.29, 1.82) is 0 Å². The van der Waals surface area contributed by atoms with Gasteiger partial charge in [0, 0.05) is 6.54 Å². The summed E-state index contributed by atoms with van der Waals surface area (Å²) in [5.41, 5.74) is 1.13. The van der Waals surface area contributed by atoms with E-state index >= 15 is 0 Å². The number of benzene rings is 1. The molecule has 2 amide bonds. The summed E-state index contributed by atoms with van der Waals surface area (Å²) in [6.45, 7) is 3.98. The lowest BCUT2D eigenvalue weighted by Crippen LogP contribution is -2.48. The van der Waals surface area contributed by atoms with Crippen LogP contribution in [0.1, 0.15) is 19.4 Å². The molecule has 1 aromatic rings. The molecule has 0 fully saturated rings. The Morgan fingerprint density at radius 1 is 1.21 bits per heavy atom. The zero-order chi connectivity index (χ0) is 14.3. The van der Waals surface area contributed by atoms with Crippen molar-refractivity contribution < 1.29 is 14.7 Å². The molecular formula is C14H20N2O3. The minimum atomic E-state index is -1.02. The van der Waals surface area contributed by atoms with Gasteiger partial charge in [0.05, 0.1) is 0 Å². The second kappa shape index (κ2) is 7.41. The van der Waals surface area contributed by atoms with Gasteiger partial charge in [-0.25, -0.2) is 9.59 Å². The molecule has 5 nitrogen and oxygen atoms in total. The number of hydrogen-bond donors (Lipinski definition) is 3. The van der Waals surface area contributed by atoms with Gasteiger partial charge in [0.2, 0.25) is 0 Å². The Kier molecular flexibility index (Phi) is 5.85. The predicted octanol–water partition coefficient (Wildman–Crippen LogP) is 1.64. The quantitative estimate of drug-likeness (QED) is 0.731. The van der Waals surface area contributed by atoms with Gasteiger partial charge in [0.25, 0.3) is 0 Å². The van der Waals surface area contributed by atoms with Crippen LogP contribution >= 0.6 is 0 Å². The van der Waals surface area contributed by atoms with E-state index in [1.807, 2.05) is 30.3 Å². The van der Waals surface area contributed by atoms with Crippen LogP contribution in [0.3, 0.4) is 0 Å². The SMILES string of the molecule is CC(C)C(NC(=O)NCCc1ccccc1)C(=O)O. The van der Waals surface area contributed by atoms with Crippen molar-refractivity contribution in [3.63, 3.8) is 0 Å². The van der Waals surface area contributed by atoms with Gasteiger partial charge in [0.1, 0.15) is 6.04 Å². The third kappa shape index (κ3) is 5.42. The number of rotatable bonds is 6. The van der Waals surface area contributed by atoms with E-state index in [4.69, 9.17) is 5.11 Å². The van der Waals surface area contributed by atoms with Gasteiger partial charge in [-0.05, 0) is 17.9 Å². The van der Waals surface area contributed by atoms with Gasteiger partial charge in [-0.1, -0.05) is 44.2 Å². The second-order valence-corrected chi connectivity index (χ2v) is 4.70. The molecule has 19 heavy (non-hydrogen) atoms. The maximum atomic E-state index is 11.6. The Balaban J connectivity index is 2.33. The maximum absolute atomic E-state index is 11.6. The van der Waals surface area contributed by atoms with Crippen molar-refractivity contribution >= 4 is 12.0 Å². The van der Waals surface area contributed by atoms with Gasteiger partial charge >= 0.3 is 12.0 Å². The largest absolute Gasteiger partial charge is 0.480 e. The summed E-state index contributed by atoms with van der Waals surface area (Å²) in [5.74, 6) is -1.18. The zero-order valence-electron chi connectivity index (χ0n) is 11.2. The summed E-state index contributed by atoms with van der Waals surface area (Å²) in [5, 5.41) is 14.1. The van der Waals surface area contributed by atoms with Crippen LogP contribution in [0.4, 0.5) is 4.79 Å². The van der Waals surface area contributed by atoms with Crippen LogP contribution in [0.15, 0.2) is 30.3 Å². The van der Waals surface area contributed by atoms with Crippen LogP contribution in [-0.2, 0) is 11.2 Å². The van der Waals surface area contributed by atoms with Crippen molar-refractivity contribution in [3.05, 3.63) is 35.9 Å². The van der Waals surface area contributed by atoms with Crippen LogP contribution in [0.5, 0.6) is 0 Å². The average molecular weight is 264 g/mol. The lowest BCUT2D eigenvalue weighted by Gasteiger charge is -2.18. The Bertz CT molecular complexity index is 418. The molecule has 5 heteroatoms. The van der Waals surface area contributed by atoms with Crippen LogP contribution in [-0.4, -0.2) is 29.7 Å². The van der Waals surface area contributed by atoms with Gasteiger partial charge in [0.15, 0.2) is 0 Å². The highest BCUT2D eigenvalue weighted by molar-refractivity contribution is 5.82. The van der Waals surface area contributed by atoms with E-state index in [1.54, 1.807) is 13.8 Å². The minimum absolute atomic E-state index is 0.155. The Hall–Kier alpha value is -2.04. The summed E-state index contributed by atoms with van der Waals surface area (Å²) in [4.78, 5) is 22.5. The summed E-state index contributed by atoms with van der Waals surface area (Å²) in [6, 6.07) is 8.46. The molecule has 0 bridgehead atoms. The Labute approximate surface area is 113 Å². The molecular weight excluding hydrogens is 244 g/mol. The lowest BCUT2D eigenvalue weighted by atomic mass is 10.1. The van der Waals surface area contributed by atoms with E-state index in [-0.39, 0.29) is 5.92 Å². The second-order valence-electron chi connectivity index (χ2n) is 4.70. The van der Waals surface area contributed by atoms with Gasteiger partial charge in [-0.3, -0.25) is 0 Å². The minimum Gasteiger partial charge on any atom is -0.480 e. The molecule has 0 aliphatic heterocycles. The number of carbonyl (C=O) groups excluding carboxylic acids is 1. The molecule has 104 valence electrons. The number of urea groups is 1. The first-order valence-electron chi connectivity index (χ1n) is 6.32. The third-order valence-corrected chi connectivity index (χ3v) is 2.76. The normalized spacial score (nSPS) is 11.9. The fraction of sp³-hybridized carbons (Fsp3) is 0.429. The van der Waals surface area contributed by atoms with Gasteiger partial charge in [-0.2, -0.15) is 0 Å². The monoisotopic (exact) mass is 264 g/mol. The highest BCUT2D eigenvalue weighted by Crippen LogP contribution is 2.01. The maximum Gasteiger partial charge on any atom is 0.326 e. The molecule has 1 aromatic carbocycles. The van der Waals surface area contributed by atoms with Crippen molar-refractivity contribution in [3.8, 4) is 0 Å². The van der Waals surface area contributed by atoms with E-state index < -0.39 is 18.0 Å². The molecule has 0 saturated carbocycles. The Morgan fingerprint density at radius 3 is 2.37 bits per heavy atom. The summed E-state index contributed by atoms with van der Waals surface area (Å²) in [7, 11) is 0. The van der Waals surface area contributed by atoms with E-state index in [0.29, 0.717) is 13.0 Å². The first kappa shape index (κ1) is 15.0. The number of nitrogens with one attached hydrogen (secondary N) is 2. The molecule has 1 unspecified atom stereocenters. The number of amides is 2. The molecule has 3 N–H and O–H groups in total. The molecule has 1 rings (SSSR count). The van der Waals surface area contributed by atoms with Crippen LogP contribution in [0, 0.1) is 5.92 Å². The fourth-order valence-electron chi connectivity index (χ4n) is 1.67. The smallest absolute Gasteiger partial charge is 0.326 e. The summed E-state index contributed by atoms with van der Waals surface area (Å²) < 4.78 is 0. The van der Waals surface area contributed by atoms with Crippen LogP contribution in [0.25, 0.3) is 0 Å². The van der Waals surface area contributed by atoms with Crippen LogP contribution < -0.4 is 10.6 Å². The fourth-order valence-corrected chi connectivity index (χ4v) is 1.67. The average Bonchev–Trinajstić information content (AvgIpc) is 2.36. The van der Waals surface area contributed by atoms with E-state index in [9.17, 15) is 9.59 Å². The number of carbonyl (C=O) groups is 2. The molecule has 0 aliphatic carbocycles. The van der Waals surface area contributed by atoms with E-state index in [2.05, 4.69) is 10.6 Å². The topological polar surface area (TPSA) is 78.4 Å². The number of hydrogen-bond acceptors (Lipinski definition) is 2. The number of aliphatic carboxylic acids is 1. The molecule has 0 radical (unpaired) electrons. The van der Waals surface area contributed by atoms with Crippen LogP contribution in [0.2, 0.25) is 0 Å². The van der Waals surface area contributed by atoms with Crippen molar-refractivity contribution in [2.45, 2.75) is 26.3 Å². The van der Waals surface area contributed by atoms with Crippen molar-refractivity contribution in [1.82, 2.24) is 10.6 Å². The standard InChI is InChI=1S/C14H20N2O3/c1-10(2)12(13(17)18)16-14(19)15-9-8-11-6-4-3-5-7-11/h3-7,10,12H,8-9H2,1-2H3,(H,17,18)(H2,15,16,19). The van der Waals surface area contributed by atoms with Crippen molar-refractivity contribution in [2.75, 3.05) is 6.54 Å². The van der Waals surface area contributed by atoms with Gasteiger partial charge < -0.3 is 15.7 Å². The lowest BCUT2D eigenvalue weighted by molar-refractivity contribution is -0.140. The number of carboxylic acids is 1. The molecule has 0 saturated heterocycles. The zero-order valence-corrected chi connectivity index (χ0v) is 11.2. The predicted molar refractivity (Wildman–Crippen MR) is 72.9 cm³/mol. The van der Waals surface area contributed by atoms with E-state index in [1.165, 1.54) is 0 Å². The summed E-state index contributed by atoms with van der Waals surface area (Å²) in [6.07, 6.45) is 0.716. The van der Waals surface area contributed by atoms with E-state index in [0.717, 1.165) is 5.56 Å². The molecule has 0 aromatic heterocycles. The molecule has 1 atom stereocenters. The Morgan fingerprint density at radius 2 is 1.84 bits per heavy atom. The first-order chi connectivity index (χ1) is 9.00. The first-order valence-corrected chi connectivity index (χ1v) is 6.32. The highest BCUT2D eigenvalue weighted by Gasteiger charge is 2.22. The van der Waals surface area contributed by atoms with Gasteiger partial charge in [-0.15, -0.1) is 0 Å². The van der Waals surface area contributed by atoms with Crippen molar-refractivity contribution in [2.24, 2.45) is 5.92 Å². The third-order valence-electron chi connectivity index (χ3n) is 2.76. The molecule has 0 aliphatic rings. The molecule has 0 spiro atoms.